The molecule has 2 fully saturated rings. The van der Waals surface area contributed by atoms with E-state index in [0.717, 1.165) is 51.4 Å². The van der Waals surface area contributed by atoms with Crippen LogP contribution in [0.15, 0.2) is 0 Å². The van der Waals surface area contributed by atoms with Gasteiger partial charge in [0, 0.05) is 0 Å². The summed E-state index contributed by atoms with van der Waals surface area (Å²) in [4.78, 5) is 12.2. The summed E-state index contributed by atoms with van der Waals surface area (Å²) in [6.45, 7) is 2.25. The summed E-state index contributed by atoms with van der Waals surface area (Å²) in [7, 11) is 0. The molecule has 2 atom stereocenters. The quantitative estimate of drug-likeness (QED) is 0.735. The molecule has 0 radical (unpaired) electrons. The lowest BCUT2D eigenvalue weighted by molar-refractivity contribution is -0.172. The van der Waals surface area contributed by atoms with Crippen LogP contribution >= 0.6 is 0 Å². The van der Waals surface area contributed by atoms with Crippen molar-refractivity contribution in [1.82, 2.24) is 0 Å². The van der Waals surface area contributed by atoms with Crippen LogP contribution in [0, 0.1) is 5.41 Å². The highest BCUT2D eigenvalue weighted by Gasteiger charge is 2.59. The van der Waals surface area contributed by atoms with E-state index in [1.807, 2.05) is 6.92 Å². The van der Waals surface area contributed by atoms with Gasteiger partial charge in [-0.05, 0) is 39.0 Å². The minimum Gasteiger partial charge on any atom is -0.465 e. The van der Waals surface area contributed by atoms with Gasteiger partial charge in [-0.3, -0.25) is 4.79 Å². The van der Waals surface area contributed by atoms with E-state index in [1.165, 1.54) is 0 Å². The lowest BCUT2D eigenvalue weighted by Crippen LogP contribution is -2.49. The lowest BCUT2D eigenvalue weighted by atomic mass is 9.71. The number of ether oxygens (including phenoxy) is 1. The predicted octanol–water partition coefficient (Wildman–Crippen LogP) is 2.42. The van der Waals surface area contributed by atoms with Crippen molar-refractivity contribution in [3.63, 3.8) is 0 Å². The molecule has 0 spiro atoms. The maximum atomic E-state index is 12.2. The molecule has 0 unspecified atom stereocenters. The van der Waals surface area contributed by atoms with E-state index >= 15 is 0 Å². The van der Waals surface area contributed by atoms with Gasteiger partial charge in [-0.15, -0.1) is 0 Å². The summed E-state index contributed by atoms with van der Waals surface area (Å²) in [6, 6.07) is 0. The van der Waals surface area contributed by atoms with Gasteiger partial charge in [-0.2, -0.15) is 0 Å². The molecule has 2 aliphatic carbocycles. The van der Waals surface area contributed by atoms with E-state index in [-0.39, 0.29) is 5.97 Å². The third-order valence-corrected chi connectivity index (χ3v) is 4.44. The van der Waals surface area contributed by atoms with Crippen molar-refractivity contribution in [1.29, 1.82) is 0 Å². The number of carbonyl (C=O) groups is 1. The molecule has 3 heteroatoms. The molecule has 0 heterocycles. The normalized spacial score (nSPS) is 38.9. The first-order chi connectivity index (χ1) is 7.65. The van der Waals surface area contributed by atoms with Crippen LogP contribution in [0.4, 0.5) is 0 Å². The van der Waals surface area contributed by atoms with Gasteiger partial charge in [0.25, 0.3) is 0 Å². The fourth-order valence-electron chi connectivity index (χ4n) is 3.56. The molecule has 0 aromatic carbocycles. The maximum Gasteiger partial charge on any atom is 0.314 e. The topological polar surface area (TPSA) is 46.5 Å². The minimum absolute atomic E-state index is 0.156. The highest BCUT2D eigenvalue weighted by Crippen LogP contribution is 2.54. The summed E-state index contributed by atoms with van der Waals surface area (Å²) in [5.74, 6) is -0.156. The van der Waals surface area contributed by atoms with Gasteiger partial charge < -0.3 is 9.84 Å². The Kier molecular flexibility index (Phi) is 3.24. The second kappa shape index (κ2) is 4.36. The smallest absolute Gasteiger partial charge is 0.314 e. The number of fused-ring (bicyclic) bond motifs is 1. The predicted molar refractivity (Wildman–Crippen MR) is 61.0 cm³/mol. The summed E-state index contributed by atoms with van der Waals surface area (Å²) < 4.78 is 5.21. The molecule has 0 saturated heterocycles. The average molecular weight is 226 g/mol. The summed E-state index contributed by atoms with van der Waals surface area (Å²) >= 11 is 0. The molecule has 2 rings (SSSR count). The van der Waals surface area contributed by atoms with E-state index in [4.69, 9.17) is 4.74 Å². The van der Waals surface area contributed by atoms with Gasteiger partial charge in [-0.25, -0.2) is 0 Å². The molecule has 92 valence electrons. The Balaban J connectivity index is 2.28. The number of esters is 1. The van der Waals surface area contributed by atoms with Crippen molar-refractivity contribution in [2.45, 2.75) is 63.9 Å². The van der Waals surface area contributed by atoms with E-state index in [9.17, 15) is 9.90 Å². The van der Waals surface area contributed by atoms with Gasteiger partial charge in [-0.1, -0.05) is 19.3 Å². The Hall–Kier alpha value is -0.570. The van der Waals surface area contributed by atoms with Crippen molar-refractivity contribution in [3.8, 4) is 0 Å². The Labute approximate surface area is 97.2 Å². The largest absolute Gasteiger partial charge is 0.465 e. The van der Waals surface area contributed by atoms with Crippen molar-refractivity contribution >= 4 is 5.97 Å². The fourth-order valence-corrected chi connectivity index (χ4v) is 3.56. The molecule has 1 N–H and O–H groups in total. The number of hydrogen-bond donors (Lipinski definition) is 1. The number of carbonyl (C=O) groups excluding carboxylic acids is 1. The molecule has 2 saturated carbocycles. The first-order valence-electron chi connectivity index (χ1n) is 6.54. The number of aliphatic hydroxyl groups is 1. The Morgan fingerprint density at radius 1 is 1.12 bits per heavy atom. The summed E-state index contributed by atoms with van der Waals surface area (Å²) in [5, 5.41) is 10.7. The van der Waals surface area contributed by atoms with Crippen LogP contribution in [-0.2, 0) is 9.53 Å². The highest BCUT2D eigenvalue weighted by molar-refractivity contribution is 5.79. The van der Waals surface area contributed by atoms with Crippen LogP contribution in [0.2, 0.25) is 0 Å². The molecule has 0 aliphatic heterocycles. The first kappa shape index (κ1) is 11.9. The van der Waals surface area contributed by atoms with Crippen molar-refractivity contribution in [2.24, 2.45) is 5.41 Å². The zero-order chi connectivity index (χ0) is 11.6. The maximum absolute atomic E-state index is 12.2. The summed E-state index contributed by atoms with van der Waals surface area (Å²) in [6.07, 6.45) is 7.32. The van der Waals surface area contributed by atoms with Gasteiger partial charge >= 0.3 is 5.97 Å². The monoisotopic (exact) mass is 226 g/mol. The zero-order valence-corrected chi connectivity index (χ0v) is 10.1. The van der Waals surface area contributed by atoms with Crippen LogP contribution in [0.1, 0.15) is 58.3 Å². The average Bonchev–Trinajstić information content (AvgIpc) is 2.49. The van der Waals surface area contributed by atoms with E-state index in [0.29, 0.717) is 6.61 Å². The molecule has 0 aromatic rings. The van der Waals surface area contributed by atoms with Gasteiger partial charge in [0.05, 0.1) is 17.6 Å². The second-order valence-corrected chi connectivity index (χ2v) is 5.25. The highest BCUT2D eigenvalue weighted by atomic mass is 16.5. The van der Waals surface area contributed by atoms with Gasteiger partial charge in [0.2, 0.25) is 0 Å². The van der Waals surface area contributed by atoms with Crippen molar-refractivity contribution in [2.75, 3.05) is 6.61 Å². The molecular weight excluding hydrogens is 204 g/mol. The standard InChI is InChI=1S/C13H22O3/c1-2-16-11(14)12-7-4-3-5-9-13(12,15)10-6-8-12/h15H,2-10H2,1H3/t12-,13-/m0/s1. The zero-order valence-electron chi connectivity index (χ0n) is 10.1. The van der Waals surface area contributed by atoms with Crippen LogP contribution < -0.4 is 0 Å². The van der Waals surface area contributed by atoms with Crippen molar-refractivity contribution < 1.29 is 14.6 Å². The van der Waals surface area contributed by atoms with Crippen LogP contribution in [0.5, 0.6) is 0 Å². The molecular formula is C13H22O3. The third-order valence-electron chi connectivity index (χ3n) is 4.44. The molecule has 0 bridgehead atoms. The molecule has 0 amide bonds. The van der Waals surface area contributed by atoms with E-state index < -0.39 is 11.0 Å². The first-order valence-corrected chi connectivity index (χ1v) is 6.54. The fraction of sp³-hybridized carbons (Fsp3) is 0.923. The van der Waals surface area contributed by atoms with Gasteiger partial charge in [0.1, 0.15) is 0 Å². The molecule has 3 nitrogen and oxygen atoms in total. The van der Waals surface area contributed by atoms with E-state index in [1.54, 1.807) is 0 Å². The number of rotatable bonds is 2. The molecule has 16 heavy (non-hydrogen) atoms. The molecule has 0 aromatic heterocycles. The lowest BCUT2D eigenvalue weighted by Gasteiger charge is -2.39. The van der Waals surface area contributed by atoms with Gasteiger partial charge in [0.15, 0.2) is 0 Å². The summed E-state index contributed by atoms with van der Waals surface area (Å²) in [5.41, 5.74) is -1.37. The Bertz CT molecular complexity index is 276. The Morgan fingerprint density at radius 3 is 2.50 bits per heavy atom. The van der Waals surface area contributed by atoms with Crippen LogP contribution in [-0.4, -0.2) is 23.3 Å². The minimum atomic E-state index is -0.782. The van der Waals surface area contributed by atoms with Crippen LogP contribution in [0.25, 0.3) is 0 Å². The third kappa shape index (κ3) is 1.65. The van der Waals surface area contributed by atoms with Crippen molar-refractivity contribution in [3.05, 3.63) is 0 Å². The SMILES string of the molecule is CCOC(=O)[C@@]12CCCCC[C@]1(O)CCC2. The molecule has 2 aliphatic rings. The number of hydrogen-bond acceptors (Lipinski definition) is 3. The second-order valence-electron chi connectivity index (χ2n) is 5.25. The van der Waals surface area contributed by atoms with E-state index in [2.05, 4.69) is 0 Å². The van der Waals surface area contributed by atoms with Crippen LogP contribution in [0.3, 0.4) is 0 Å². The Morgan fingerprint density at radius 2 is 1.75 bits per heavy atom.